The third-order valence-electron chi connectivity index (χ3n) is 6.23. The van der Waals surface area contributed by atoms with Gasteiger partial charge in [-0.05, 0) is 30.2 Å². The monoisotopic (exact) mass is 397 g/mol. The first-order valence-corrected chi connectivity index (χ1v) is 9.87. The number of hydrogen-bond donors (Lipinski definition) is 1. The lowest BCUT2D eigenvalue weighted by Gasteiger charge is -2.23. The van der Waals surface area contributed by atoms with Crippen LogP contribution in [0.25, 0.3) is 11.0 Å². The molecule has 1 unspecified atom stereocenters. The molecule has 2 aliphatic heterocycles. The molecule has 2 N–H and O–H groups in total. The highest BCUT2D eigenvalue weighted by molar-refractivity contribution is 6.12. The average Bonchev–Trinajstić information content (AvgIpc) is 3.39. The first-order valence-electron chi connectivity index (χ1n) is 9.87. The fourth-order valence-electron chi connectivity index (χ4n) is 4.66. The maximum absolute atomic E-state index is 14.0. The molecule has 1 spiro atoms. The summed E-state index contributed by atoms with van der Waals surface area (Å²) in [5.74, 6) is 0.960. The van der Waals surface area contributed by atoms with Gasteiger partial charge in [0.2, 0.25) is 5.91 Å². The Hall–Kier alpha value is -3.80. The van der Waals surface area contributed by atoms with E-state index in [1.807, 2.05) is 35.2 Å². The highest BCUT2D eigenvalue weighted by Crippen LogP contribution is 2.53. The Labute approximate surface area is 172 Å². The molecule has 0 saturated heterocycles. The van der Waals surface area contributed by atoms with E-state index in [9.17, 15) is 4.79 Å². The van der Waals surface area contributed by atoms with Crippen LogP contribution in [0.4, 0.5) is 11.5 Å². The topological polar surface area (TPSA) is 81.6 Å². The Morgan fingerprint density at radius 1 is 1.10 bits per heavy atom. The molecule has 6 nitrogen and oxygen atoms in total. The van der Waals surface area contributed by atoms with E-state index in [2.05, 4.69) is 36.3 Å². The number of hydrogen-bond acceptors (Lipinski definition) is 5. The van der Waals surface area contributed by atoms with Gasteiger partial charge in [-0.15, -0.1) is 0 Å². The molecule has 3 heterocycles. The summed E-state index contributed by atoms with van der Waals surface area (Å²) in [6.45, 7) is 2.81. The number of anilines is 2. The fraction of sp³-hybridized carbons (Fsp3) is 0.167. The van der Waals surface area contributed by atoms with Gasteiger partial charge in [0.05, 0.1) is 11.9 Å². The van der Waals surface area contributed by atoms with Crippen molar-refractivity contribution in [3.63, 3.8) is 0 Å². The summed E-state index contributed by atoms with van der Waals surface area (Å²) in [6.07, 6.45) is 0. The van der Waals surface area contributed by atoms with E-state index in [0.717, 1.165) is 22.4 Å². The Bertz CT molecular complexity index is 1330. The van der Waals surface area contributed by atoms with Crippen molar-refractivity contribution in [1.82, 2.24) is 5.16 Å². The molecule has 0 fully saturated rings. The minimum absolute atomic E-state index is 0.0115. The van der Waals surface area contributed by atoms with Gasteiger partial charge in [-0.3, -0.25) is 4.79 Å². The summed E-state index contributed by atoms with van der Waals surface area (Å²) in [7, 11) is 0. The molecule has 1 atom stereocenters. The van der Waals surface area contributed by atoms with Crippen molar-refractivity contribution in [3.05, 3.63) is 82.9 Å². The first-order chi connectivity index (χ1) is 14.6. The standard InChI is InChI=1S/C24H19N3O3/c1-14-6-8-15(9-7-14)12-27-19-5-3-2-4-17(19)24(23(27)28)13-29-21-11-20-16(10-18(21)24)22(25)26-30-20/h2-11H,12-13H2,1H3,(H2,25,26). The van der Waals surface area contributed by atoms with E-state index < -0.39 is 5.41 Å². The van der Waals surface area contributed by atoms with Crippen molar-refractivity contribution in [2.24, 2.45) is 0 Å². The molecule has 148 valence electrons. The second kappa shape index (κ2) is 5.86. The number of fused-ring (bicyclic) bond motifs is 5. The third-order valence-corrected chi connectivity index (χ3v) is 6.23. The Morgan fingerprint density at radius 3 is 2.73 bits per heavy atom. The second-order valence-electron chi connectivity index (χ2n) is 8.00. The van der Waals surface area contributed by atoms with Crippen molar-refractivity contribution in [2.45, 2.75) is 18.9 Å². The van der Waals surface area contributed by atoms with E-state index in [4.69, 9.17) is 15.0 Å². The number of nitrogens with zero attached hydrogens (tertiary/aromatic N) is 2. The molecule has 0 saturated carbocycles. The zero-order chi connectivity index (χ0) is 20.5. The van der Waals surface area contributed by atoms with Crippen LogP contribution in [0.1, 0.15) is 22.3 Å². The summed E-state index contributed by atoms with van der Waals surface area (Å²) in [5, 5.41) is 4.54. The number of aryl methyl sites for hydroxylation is 1. The number of nitrogen functional groups attached to an aromatic ring is 1. The van der Waals surface area contributed by atoms with Gasteiger partial charge in [0.1, 0.15) is 17.8 Å². The molecule has 3 aromatic carbocycles. The molecule has 30 heavy (non-hydrogen) atoms. The summed E-state index contributed by atoms with van der Waals surface area (Å²) in [5.41, 5.74) is 10.6. The van der Waals surface area contributed by atoms with Crippen molar-refractivity contribution in [2.75, 3.05) is 17.2 Å². The molecule has 6 heteroatoms. The number of nitrogens with two attached hydrogens (primary N) is 1. The van der Waals surface area contributed by atoms with Crippen LogP contribution in [-0.2, 0) is 16.8 Å². The Morgan fingerprint density at radius 2 is 1.90 bits per heavy atom. The highest BCUT2D eigenvalue weighted by Gasteiger charge is 2.57. The second-order valence-corrected chi connectivity index (χ2v) is 8.00. The minimum atomic E-state index is -0.894. The number of ether oxygens (including phenoxy) is 1. The lowest BCUT2D eigenvalue weighted by Crippen LogP contribution is -2.42. The van der Waals surface area contributed by atoms with Crippen LogP contribution < -0.4 is 15.4 Å². The largest absolute Gasteiger partial charge is 0.491 e. The Kier molecular flexibility index (Phi) is 3.34. The van der Waals surface area contributed by atoms with E-state index in [1.165, 1.54) is 5.56 Å². The van der Waals surface area contributed by atoms with Gasteiger partial charge in [-0.25, -0.2) is 0 Å². The summed E-state index contributed by atoms with van der Waals surface area (Å²) in [4.78, 5) is 15.8. The van der Waals surface area contributed by atoms with Gasteiger partial charge >= 0.3 is 0 Å². The van der Waals surface area contributed by atoms with Crippen LogP contribution >= 0.6 is 0 Å². The first kappa shape index (κ1) is 17.1. The van der Waals surface area contributed by atoms with E-state index in [1.54, 1.807) is 6.07 Å². The molecule has 0 aliphatic carbocycles. The molecular weight excluding hydrogens is 378 g/mol. The van der Waals surface area contributed by atoms with Crippen LogP contribution in [0.3, 0.4) is 0 Å². The maximum Gasteiger partial charge on any atom is 0.246 e. The number of carbonyl (C=O) groups excluding carboxylic acids is 1. The molecular formula is C24H19N3O3. The molecule has 0 radical (unpaired) electrons. The van der Waals surface area contributed by atoms with Gasteiger partial charge in [0.15, 0.2) is 11.4 Å². The number of para-hydroxylation sites is 1. The van der Waals surface area contributed by atoms with Crippen LogP contribution in [0.15, 0.2) is 65.2 Å². The molecule has 1 amide bonds. The number of aromatic nitrogens is 1. The van der Waals surface area contributed by atoms with Crippen LogP contribution in [0, 0.1) is 6.92 Å². The average molecular weight is 397 g/mol. The van der Waals surface area contributed by atoms with E-state index in [0.29, 0.717) is 29.1 Å². The predicted molar refractivity (Wildman–Crippen MR) is 114 cm³/mol. The number of amides is 1. The van der Waals surface area contributed by atoms with Crippen LogP contribution in [-0.4, -0.2) is 17.7 Å². The molecule has 1 aromatic heterocycles. The van der Waals surface area contributed by atoms with Gasteiger partial charge in [0, 0.05) is 17.3 Å². The lowest BCUT2D eigenvalue weighted by atomic mass is 9.77. The van der Waals surface area contributed by atoms with E-state index >= 15 is 0 Å². The summed E-state index contributed by atoms with van der Waals surface area (Å²) in [6, 6.07) is 19.9. The van der Waals surface area contributed by atoms with Crippen LogP contribution in [0.2, 0.25) is 0 Å². The maximum atomic E-state index is 14.0. The van der Waals surface area contributed by atoms with Gasteiger partial charge in [0.25, 0.3) is 0 Å². The SMILES string of the molecule is Cc1ccc(CN2C(=O)C3(COc4cc5onc(N)c5cc43)c3ccccc32)cc1. The predicted octanol–water partition coefficient (Wildman–Crippen LogP) is 3.94. The summed E-state index contributed by atoms with van der Waals surface area (Å²) >= 11 is 0. The lowest BCUT2D eigenvalue weighted by molar-refractivity contribution is -0.122. The van der Waals surface area contributed by atoms with Gasteiger partial charge < -0.3 is 19.9 Å². The van der Waals surface area contributed by atoms with Crippen molar-refractivity contribution in [1.29, 1.82) is 0 Å². The molecule has 4 aromatic rings. The van der Waals surface area contributed by atoms with Gasteiger partial charge in [-0.1, -0.05) is 53.2 Å². The fourth-order valence-corrected chi connectivity index (χ4v) is 4.66. The van der Waals surface area contributed by atoms with Crippen LogP contribution in [0.5, 0.6) is 5.75 Å². The Balaban J connectivity index is 1.53. The smallest absolute Gasteiger partial charge is 0.246 e. The number of carbonyl (C=O) groups is 1. The minimum Gasteiger partial charge on any atom is -0.491 e. The van der Waals surface area contributed by atoms with Crippen molar-refractivity contribution < 1.29 is 14.1 Å². The molecule has 2 aliphatic rings. The normalized spacial score (nSPS) is 19.4. The van der Waals surface area contributed by atoms with Crippen molar-refractivity contribution in [3.8, 4) is 5.75 Å². The quantitative estimate of drug-likeness (QED) is 0.554. The van der Waals surface area contributed by atoms with E-state index in [-0.39, 0.29) is 12.5 Å². The zero-order valence-electron chi connectivity index (χ0n) is 16.4. The highest BCUT2D eigenvalue weighted by atomic mass is 16.5. The zero-order valence-corrected chi connectivity index (χ0v) is 16.4. The number of rotatable bonds is 2. The molecule has 0 bridgehead atoms. The number of benzene rings is 3. The molecule has 6 rings (SSSR count). The van der Waals surface area contributed by atoms with Crippen molar-refractivity contribution >= 4 is 28.4 Å². The third kappa shape index (κ3) is 2.13. The summed E-state index contributed by atoms with van der Waals surface area (Å²) < 4.78 is 11.3. The van der Waals surface area contributed by atoms with Gasteiger partial charge in [-0.2, -0.15) is 0 Å².